The van der Waals surface area contributed by atoms with Crippen LogP contribution < -0.4 is 5.32 Å². The number of carbonyl (C=O) groups excluding carboxylic acids is 1. The van der Waals surface area contributed by atoms with E-state index in [1.54, 1.807) is 6.92 Å². The van der Waals surface area contributed by atoms with E-state index in [-0.39, 0.29) is 11.9 Å². The van der Waals surface area contributed by atoms with Crippen LogP contribution in [0.5, 0.6) is 0 Å². The quantitative estimate of drug-likeness (QED) is 0.701. The molecule has 0 radical (unpaired) electrons. The Bertz CT molecular complexity index is 176. The highest BCUT2D eigenvalue weighted by molar-refractivity contribution is 6.30. The molecule has 1 amide bonds. The first-order valence-electron chi connectivity index (χ1n) is 5.05. The van der Waals surface area contributed by atoms with Crippen LogP contribution in [-0.2, 0) is 4.79 Å². The van der Waals surface area contributed by atoms with E-state index in [4.69, 9.17) is 11.6 Å². The van der Waals surface area contributed by atoms with Gasteiger partial charge in [0.1, 0.15) is 5.38 Å². The molecule has 1 aliphatic rings. The van der Waals surface area contributed by atoms with Crippen LogP contribution >= 0.6 is 11.6 Å². The van der Waals surface area contributed by atoms with Crippen LogP contribution in [0.4, 0.5) is 0 Å². The third-order valence-electron chi connectivity index (χ3n) is 2.84. The van der Waals surface area contributed by atoms with Crippen molar-refractivity contribution in [2.45, 2.75) is 50.9 Å². The van der Waals surface area contributed by atoms with Gasteiger partial charge in [0.15, 0.2) is 0 Å². The minimum atomic E-state index is -0.413. The average molecular weight is 204 g/mol. The van der Waals surface area contributed by atoms with Crippen LogP contribution in [0.15, 0.2) is 0 Å². The molecule has 1 fully saturated rings. The van der Waals surface area contributed by atoms with Gasteiger partial charge in [0, 0.05) is 6.04 Å². The standard InChI is InChI=1S/C10H18ClNO/c1-7(11)10(13)12-8(2)9-5-3-4-6-9/h7-9H,3-6H2,1-2H3,(H,12,13)/t7?,8-/m0/s1. The summed E-state index contributed by atoms with van der Waals surface area (Å²) < 4.78 is 0. The van der Waals surface area contributed by atoms with Gasteiger partial charge in [-0.05, 0) is 32.6 Å². The second-order valence-corrected chi connectivity index (χ2v) is 4.61. The Hall–Kier alpha value is -0.240. The summed E-state index contributed by atoms with van der Waals surface area (Å²) in [6, 6.07) is 0.288. The van der Waals surface area contributed by atoms with Crippen LogP contribution in [0.3, 0.4) is 0 Å². The monoisotopic (exact) mass is 203 g/mol. The van der Waals surface area contributed by atoms with Crippen molar-refractivity contribution < 1.29 is 4.79 Å². The maximum atomic E-state index is 11.3. The van der Waals surface area contributed by atoms with Crippen molar-refractivity contribution in [3.8, 4) is 0 Å². The maximum absolute atomic E-state index is 11.3. The molecule has 1 aliphatic carbocycles. The van der Waals surface area contributed by atoms with E-state index >= 15 is 0 Å². The number of hydrogen-bond donors (Lipinski definition) is 1. The highest BCUT2D eigenvalue weighted by Gasteiger charge is 2.23. The molecule has 0 aromatic heterocycles. The lowest BCUT2D eigenvalue weighted by atomic mass is 10.00. The molecule has 2 atom stereocenters. The van der Waals surface area contributed by atoms with E-state index < -0.39 is 5.38 Å². The Morgan fingerprint density at radius 1 is 1.38 bits per heavy atom. The Balaban J connectivity index is 2.31. The summed E-state index contributed by atoms with van der Waals surface area (Å²) in [5.41, 5.74) is 0. The van der Waals surface area contributed by atoms with Crippen LogP contribution in [0.1, 0.15) is 39.5 Å². The smallest absolute Gasteiger partial charge is 0.237 e. The number of halogens is 1. The molecule has 2 nitrogen and oxygen atoms in total. The van der Waals surface area contributed by atoms with E-state index in [1.165, 1.54) is 25.7 Å². The molecule has 1 rings (SSSR count). The van der Waals surface area contributed by atoms with Gasteiger partial charge in [-0.25, -0.2) is 0 Å². The number of rotatable bonds is 3. The molecule has 1 unspecified atom stereocenters. The highest BCUT2D eigenvalue weighted by atomic mass is 35.5. The maximum Gasteiger partial charge on any atom is 0.237 e. The fraction of sp³-hybridized carbons (Fsp3) is 0.900. The lowest BCUT2D eigenvalue weighted by molar-refractivity contribution is -0.121. The summed E-state index contributed by atoms with van der Waals surface area (Å²) in [6.45, 7) is 3.78. The van der Waals surface area contributed by atoms with E-state index in [0.717, 1.165) is 0 Å². The van der Waals surface area contributed by atoms with Crippen LogP contribution in [0, 0.1) is 5.92 Å². The summed E-state index contributed by atoms with van der Waals surface area (Å²) in [4.78, 5) is 11.3. The Morgan fingerprint density at radius 2 is 1.92 bits per heavy atom. The van der Waals surface area contributed by atoms with E-state index in [2.05, 4.69) is 12.2 Å². The highest BCUT2D eigenvalue weighted by Crippen LogP contribution is 2.27. The van der Waals surface area contributed by atoms with Crippen molar-refractivity contribution in [3.63, 3.8) is 0 Å². The third kappa shape index (κ3) is 3.18. The fourth-order valence-corrected chi connectivity index (χ4v) is 1.98. The Labute approximate surface area is 85.0 Å². The summed E-state index contributed by atoms with van der Waals surface area (Å²) in [7, 11) is 0. The largest absolute Gasteiger partial charge is 0.352 e. The molecule has 0 saturated heterocycles. The number of hydrogen-bond acceptors (Lipinski definition) is 1. The zero-order chi connectivity index (χ0) is 9.84. The summed E-state index contributed by atoms with van der Waals surface area (Å²) in [6.07, 6.45) is 5.11. The summed E-state index contributed by atoms with van der Waals surface area (Å²) in [5, 5.41) is 2.54. The Morgan fingerprint density at radius 3 is 2.38 bits per heavy atom. The van der Waals surface area contributed by atoms with Crippen molar-refractivity contribution in [1.82, 2.24) is 5.32 Å². The van der Waals surface area contributed by atoms with Gasteiger partial charge in [-0.3, -0.25) is 4.79 Å². The van der Waals surface area contributed by atoms with Gasteiger partial charge in [-0.2, -0.15) is 0 Å². The van der Waals surface area contributed by atoms with Gasteiger partial charge in [0.25, 0.3) is 0 Å². The molecular weight excluding hydrogens is 186 g/mol. The van der Waals surface area contributed by atoms with Crippen molar-refractivity contribution in [2.75, 3.05) is 0 Å². The first-order chi connectivity index (χ1) is 6.11. The number of nitrogens with one attached hydrogen (secondary N) is 1. The minimum Gasteiger partial charge on any atom is -0.352 e. The minimum absolute atomic E-state index is 0.0407. The van der Waals surface area contributed by atoms with Gasteiger partial charge < -0.3 is 5.32 Å². The normalized spacial score (nSPS) is 22.7. The van der Waals surface area contributed by atoms with Crippen LogP contribution in [0.2, 0.25) is 0 Å². The molecule has 0 aromatic carbocycles. The van der Waals surface area contributed by atoms with Gasteiger partial charge in [0.05, 0.1) is 0 Å². The molecule has 1 saturated carbocycles. The second-order valence-electron chi connectivity index (χ2n) is 3.96. The van der Waals surface area contributed by atoms with Crippen molar-refractivity contribution in [1.29, 1.82) is 0 Å². The van der Waals surface area contributed by atoms with Crippen molar-refractivity contribution in [2.24, 2.45) is 5.92 Å². The SMILES string of the molecule is CC(Cl)C(=O)N[C@@H](C)C1CCCC1. The Kier molecular flexibility index (Phi) is 4.04. The van der Waals surface area contributed by atoms with Gasteiger partial charge in [-0.15, -0.1) is 11.6 Å². The summed E-state index contributed by atoms with van der Waals surface area (Å²) >= 11 is 5.67. The topological polar surface area (TPSA) is 29.1 Å². The molecule has 76 valence electrons. The molecule has 1 N–H and O–H groups in total. The molecule has 13 heavy (non-hydrogen) atoms. The summed E-state index contributed by atoms with van der Waals surface area (Å²) in [5.74, 6) is 0.625. The predicted octanol–water partition coefficient (Wildman–Crippen LogP) is 2.31. The average Bonchev–Trinajstić information content (AvgIpc) is 2.55. The first-order valence-corrected chi connectivity index (χ1v) is 5.49. The van der Waals surface area contributed by atoms with Crippen LogP contribution in [-0.4, -0.2) is 17.3 Å². The molecule has 0 aliphatic heterocycles. The fourth-order valence-electron chi connectivity index (χ4n) is 1.91. The van der Waals surface area contributed by atoms with Crippen molar-refractivity contribution in [3.05, 3.63) is 0 Å². The number of carbonyl (C=O) groups is 1. The number of amides is 1. The second kappa shape index (κ2) is 4.85. The van der Waals surface area contributed by atoms with Gasteiger partial charge >= 0.3 is 0 Å². The van der Waals surface area contributed by atoms with Crippen LogP contribution in [0.25, 0.3) is 0 Å². The van der Waals surface area contributed by atoms with Crippen molar-refractivity contribution >= 4 is 17.5 Å². The lowest BCUT2D eigenvalue weighted by Gasteiger charge is -2.20. The zero-order valence-electron chi connectivity index (χ0n) is 8.35. The molecular formula is C10H18ClNO. The first kappa shape index (κ1) is 10.8. The predicted molar refractivity (Wildman–Crippen MR) is 54.9 cm³/mol. The molecule has 0 aromatic rings. The molecule has 0 bridgehead atoms. The van der Waals surface area contributed by atoms with Gasteiger partial charge in [-0.1, -0.05) is 12.8 Å². The molecule has 0 spiro atoms. The van der Waals surface area contributed by atoms with Gasteiger partial charge in [0.2, 0.25) is 5.91 Å². The molecule has 0 heterocycles. The number of alkyl halides is 1. The van der Waals surface area contributed by atoms with E-state index in [9.17, 15) is 4.79 Å². The zero-order valence-corrected chi connectivity index (χ0v) is 9.10. The third-order valence-corrected chi connectivity index (χ3v) is 3.04. The lowest BCUT2D eigenvalue weighted by Crippen LogP contribution is -2.40. The van der Waals surface area contributed by atoms with E-state index in [0.29, 0.717) is 5.92 Å². The van der Waals surface area contributed by atoms with E-state index in [1.807, 2.05) is 0 Å². The molecule has 3 heteroatoms.